The lowest BCUT2D eigenvalue weighted by Gasteiger charge is -2.14. The number of aryl methyl sites for hydroxylation is 2. The number of rotatable bonds is 5. The largest absolute Gasteiger partial charge is 0.398 e. The van der Waals surface area contributed by atoms with Crippen molar-refractivity contribution in [2.24, 2.45) is 10.9 Å². The average molecular weight is 386 g/mol. The molecule has 2 aromatic carbocycles. The first-order chi connectivity index (χ1) is 13.2. The van der Waals surface area contributed by atoms with Gasteiger partial charge in [-0.15, -0.1) is 13.2 Å². The van der Waals surface area contributed by atoms with Crippen LogP contribution in [-0.4, -0.2) is 6.54 Å². The minimum absolute atomic E-state index is 0.678. The number of hydrogen-bond donors (Lipinski definition) is 3. The van der Waals surface area contributed by atoms with Crippen LogP contribution in [-0.2, 0) is 32.1 Å². The van der Waals surface area contributed by atoms with Crippen LogP contribution in [0.3, 0.4) is 0 Å². The molecule has 0 bridgehead atoms. The van der Waals surface area contributed by atoms with Crippen LogP contribution in [0.15, 0.2) is 48.4 Å². The number of hydrogen-bond acceptors (Lipinski definition) is 4. The maximum absolute atomic E-state index is 6.22. The highest BCUT2D eigenvalue weighted by atomic mass is 32.2. The Kier molecular flexibility index (Phi) is 10.9. The van der Waals surface area contributed by atoms with Gasteiger partial charge < -0.3 is 11.5 Å². The van der Waals surface area contributed by atoms with Gasteiger partial charge in [0.25, 0.3) is 0 Å². The molecule has 0 atom stereocenters. The highest BCUT2D eigenvalue weighted by molar-refractivity contribution is 7.97. The second kappa shape index (κ2) is 12.6. The Balaban J connectivity index is 0.000000254. The van der Waals surface area contributed by atoms with Crippen molar-refractivity contribution in [3.8, 4) is 0 Å². The highest BCUT2D eigenvalue weighted by Gasteiger charge is 2.17. The zero-order valence-corrected chi connectivity index (χ0v) is 17.7. The lowest BCUT2D eigenvalue weighted by atomic mass is 9.94. The summed E-state index contributed by atoms with van der Waals surface area (Å²) in [5, 5.41) is 5.46. The van der Waals surface area contributed by atoms with Gasteiger partial charge in [0.1, 0.15) is 0 Å². The van der Waals surface area contributed by atoms with Crippen LogP contribution >= 0.6 is 11.9 Å². The van der Waals surface area contributed by atoms with Gasteiger partial charge in [0.15, 0.2) is 0 Å². The molecule has 2 aromatic rings. The maximum atomic E-state index is 6.22. The van der Waals surface area contributed by atoms with Gasteiger partial charge in [-0.2, -0.15) is 0 Å². The second-order valence-corrected chi connectivity index (χ2v) is 7.07. The molecule has 0 saturated heterocycles. The van der Waals surface area contributed by atoms with E-state index in [2.05, 4.69) is 39.1 Å². The predicted octanol–water partition coefficient (Wildman–Crippen LogP) is 4.84. The normalized spacial score (nSPS) is 11.7. The van der Waals surface area contributed by atoms with E-state index in [-0.39, 0.29) is 0 Å². The van der Waals surface area contributed by atoms with Gasteiger partial charge in [0, 0.05) is 10.6 Å². The minimum atomic E-state index is 0.678. The van der Waals surface area contributed by atoms with Crippen molar-refractivity contribution in [2.75, 3.05) is 12.3 Å². The molecular weight excluding hydrogens is 350 g/mol. The molecule has 0 radical (unpaired) electrons. The minimum Gasteiger partial charge on any atom is -0.398 e. The first-order valence-electron chi connectivity index (χ1n) is 9.72. The van der Waals surface area contributed by atoms with Crippen molar-refractivity contribution in [1.29, 1.82) is 0 Å². The molecule has 0 unspecified atom stereocenters. The number of anilines is 1. The molecule has 0 heterocycles. The van der Waals surface area contributed by atoms with Crippen LogP contribution in [0.4, 0.5) is 5.69 Å². The predicted molar refractivity (Wildman–Crippen MR) is 122 cm³/mol. The quantitative estimate of drug-likeness (QED) is 0.391. The van der Waals surface area contributed by atoms with Gasteiger partial charge in [-0.3, -0.25) is 5.14 Å². The molecule has 3 nitrogen and oxygen atoms in total. The number of fused-ring (bicyclic) bond motifs is 1. The Morgan fingerprint density at radius 1 is 1.04 bits per heavy atom. The third-order valence-electron chi connectivity index (χ3n) is 4.89. The second-order valence-electron chi connectivity index (χ2n) is 6.39. The SMILES string of the molecule is C=C.CCc1cc2c(c(N)c1CC)CCC2.NCCc1ccccc1SN. The number of nitrogens with two attached hydrogens (primary N) is 3. The molecule has 0 amide bonds. The lowest BCUT2D eigenvalue weighted by molar-refractivity contribution is 0.912. The lowest BCUT2D eigenvalue weighted by Crippen LogP contribution is -2.03. The van der Waals surface area contributed by atoms with E-state index < -0.39 is 0 Å². The van der Waals surface area contributed by atoms with Gasteiger partial charge in [0.2, 0.25) is 0 Å². The third-order valence-corrected chi connectivity index (χ3v) is 5.55. The van der Waals surface area contributed by atoms with Crippen LogP contribution in [0, 0.1) is 0 Å². The summed E-state index contributed by atoms with van der Waals surface area (Å²) in [6.07, 6.45) is 6.80. The summed E-state index contributed by atoms with van der Waals surface area (Å²) in [6.45, 7) is 11.1. The van der Waals surface area contributed by atoms with Crippen LogP contribution in [0.2, 0.25) is 0 Å². The van der Waals surface area contributed by atoms with E-state index in [0.717, 1.165) is 29.8 Å². The van der Waals surface area contributed by atoms with Crippen LogP contribution in [0.25, 0.3) is 0 Å². The van der Waals surface area contributed by atoms with E-state index in [0.29, 0.717) is 6.54 Å². The smallest absolute Gasteiger partial charge is 0.0384 e. The molecule has 148 valence electrons. The van der Waals surface area contributed by atoms with E-state index in [1.54, 1.807) is 0 Å². The van der Waals surface area contributed by atoms with Crippen molar-refractivity contribution >= 4 is 17.6 Å². The molecule has 1 aliphatic rings. The summed E-state index contributed by atoms with van der Waals surface area (Å²) in [7, 11) is 0. The van der Waals surface area contributed by atoms with Gasteiger partial charge in [0.05, 0.1) is 0 Å². The fourth-order valence-electron chi connectivity index (χ4n) is 3.60. The molecule has 0 fully saturated rings. The van der Waals surface area contributed by atoms with E-state index >= 15 is 0 Å². The highest BCUT2D eigenvalue weighted by Crippen LogP contribution is 2.32. The molecule has 6 N–H and O–H groups in total. The van der Waals surface area contributed by atoms with Gasteiger partial charge >= 0.3 is 0 Å². The molecule has 0 aliphatic heterocycles. The molecule has 27 heavy (non-hydrogen) atoms. The van der Waals surface area contributed by atoms with Crippen molar-refractivity contribution in [3.63, 3.8) is 0 Å². The van der Waals surface area contributed by atoms with Crippen molar-refractivity contribution in [3.05, 3.63) is 71.3 Å². The fraction of sp³-hybridized carbons (Fsp3) is 0.391. The number of benzene rings is 2. The van der Waals surface area contributed by atoms with E-state index in [1.165, 1.54) is 59.0 Å². The molecule has 0 aromatic heterocycles. The van der Waals surface area contributed by atoms with Gasteiger partial charge in [-0.25, -0.2) is 0 Å². The zero-order chi connectivity index (χ0) is 20.2. The summed E-state index contributed by atoms with van der Waals surface area (Å²) in [5.74, 6) is 0. The fourth-order valence-corrected chi connectivity index (χ4v) is 4.08. The molecule has 1 aliphatic carbocycles. The van der Waals surface area contributed by atoms with Crippen molar-refractivity contribution in [1.82, 2.24) is 0 Å². The summed E-state index contributed by atoms with van der Waals surface area (Å²) >= 11 is 1.28. The monoisotopic (exact) mass is 385 g/mol. The summed E-state index contributed by atoms with van der Waals surface area (Å²) in [6, 6.07) is 10.4. The van der Waals surface area contributed by atoms with Gasteiger partial charge in [-0.1, -0.05) is 38.1 Å². The zero-order valence-electron chi connectivity index (χ0n) is 16.9. The first kappa shape index (κ1) is 23.3. The summed E-state index contributed by atoms with van der Waals surface area (Å²) in [5.41, 5.74) is 19.8. The molecule has 3 rings (SSSR count). The Labute approximate surface area is 169 Å². The van der Waals surface area contributed by atoms with Crippen molar-refractivity contribution < 1.29 is 0 Å². The summed E-state index contributed by atoms with van der Waals surface area (Å²) < 4.78 is 0. The van der Waals surface area contributed by atoms with Crippen LogP contribution in [0.5, 0.6) is 0 Å². The van der Waals surface area contributed by atoms with E-state index in [1.807, 2.05) is 18.2 Å². The maximum Gasteiger partial charge on any atom is 0.0384 e. The number of nitrogen functional groups attached to an aromatic ring is 1. The summed E-state index contributed by atoms with van der Waals surface area (Å²) in [4.78, 5) is 1.12. The Hall–Kier alpha value is -1.75. The molecular formula is C23H35N3S. The Morgan fingerprint density at radius 2 is 1.74 bits per heavy atom. The van der Waals surface area contributed by atoms with Crippen molar-refractivity contribution in [2.45, 2.75) is 57.3 Å². The van der Waals surface area contributed by atoms with E-state index in [4.69, 9.17) is 16.6 Å². The van der Waals surface area contributed by atoms with Gasteiger partial charge in [-0.05, 0) is 90.9 Å². The van der Waals surface area contributed by atoms with E-state index in [9.17, 15) is 0 Å². The van der Waals surface area contributed by atoms with Crippen LogP contribution < -0.4 is 16.6 Å². The molecule has 0 spiro atoms. The Bertz CT molecular complexity index is 713. The average Bonchev–Trinajstić information content (AvgIpc) is 3.19. The third kappa shape index (κ3) is 6.13. The van der Waals surface area contributed by atoms with Crippen LogP contribution in [0.1, 0.15) is 48.1 Å². The molecule has 4 heteroatoms. The standard InChI is InChI=1S/C13H19N.C8H12N2S.C2H4/c1-3-9-8-10-6-5-7-12(10)13(14)11(9)4-2;9-6-5-7-3-1-2-4-8(7)11-10;1-2/h8H,3-7,14H2,1-2H3;1-4H,5-6,9-10H2;1-2H2. The topological polar surface area (TPSA) is 78.1 Å². The Morgan fingerprint density at radius 3 is 2.33 bits per heavy atom. The first-order valence-corrected chi connectivity index (χ1v) is 10.6. The molecule has 0 saturated carbocycles.